The maximum Gasteiger partial charge on any atom is 0.326 e. The SMILES string of the molecule is CCC(C(=O)O)n1ccc2c(Cl)ccnc21. The first kappa shape index (κ1) is 11.0. The highest BCUT2D eigenvalue weighted by Gasteiger charge is 2.19. The van der Waals surface area contributed by atoms with Crippen LogP contribution in [0.2, 0.25) is 5.02 Å². The predicted octanol–water partition coefficient (Wildman–Crippen LogP) is 2.73. The van der Waals surface area contributed by atoms with Gasteiger partial charge in [-0.25, -0.2) is 9.78 Å². The highest BCUT2D eigenvalue weighted by Crippen LogP contribution is 2.25. The third-order valence-electron chi connectivity index (χ3n) is 2.57. The monoisotopic (exact) mass is 238 g/mol. The van der Waals surface area contributed by atoms with Gasteiger partial charge in [0.15, 0.2) is 0 Å². The lowest BCUT2D eigenvalue weighted by Gasteiger charge is -2.12. The van der Waals surface area contributed by atoms with E-state index in [-0.39, 0.29) is 0 Å². The molecule has 0 bridgehead atoms. The van der Waals surface area contributed by atoms with Crippen molar-refractivity contribution in [3.63, 3.8) is 0 Å². The molecule has 0 fully saturated rings. The average molecular weight is 239 g/mol. The van der Waals surface area contributed by atoms with Crippen LogP contribution in [0.5, 0.6) is 0 Å². The summed E-state index contributed by atoms with van der Waals surface area (Å²) in [6.07, 6.45) is 3.80. The van der Waals surface area contributed by atoms with E-state index in [1.165, 1.54) is 0 Å². The Hall–Kier alpha value is -1.55. The smallest absolute Gasteiger partial charge is 0.326 e. The number of nitrogens with zero attached hydrogens (tertiary/aromatic N) is 2. The minimum absolute atomic E-state index is 0.507. The van der Waals surface area contributed by atoms with Crippen molar-refractivity contribution in [1.82, 2.24) is 9.55 Å². The lowest BCUT2D eigenvalue weighted by Crippen LogP contribution is -2.17. The fraction of sp³-hybridized carbons (Fsp3) is 0.273. The zero-order valence-electron chi connectivity index (χ0n) is 8.72. The summed E-state index contributed by atoms with van der Waals surface area (Å²) in [5.74, 6) is -0.859. The van der Waals surface area contributed by atoms with E-state index in [0.717, 1.165) is 5.39 Å². The lowest BCUT2D eigenvalue weighted by atomic mass is 10.2. The van der Waals surface area contributed by atoms with Crippen LogP contribution in [-0.4, -0.2) is 20.6 Å². The van der Waals surface area contributed by atoms with Crippen molar-refractivity contribution < 1.29 is 9.90 Å². The molecule has 0 aromatic carbocycles. The van der Waals surface area contributed by atoms with Gasteiger partial charge in [-0.1, -0.05) is 18.5 Å². The maximum atomic E-state index is 11.1. The van der Waals surface area contributed by atoms with Crippen molar-refractivity contribution in [3.8, 4) is 0 Å². The molecule has 5 heteroatoms. The Kier molecular flexibility index (Phi) is 2.83. The van der Waals surface area contributed by atoms with Gasteiger partial charge in [-0.05, 0) is 18.6 Å². The first-order valence-corrected chi connectivity index (χ1v) is 5.36. The fourth-order valence-electron chi connectivity index (χ4n) is 1.77. The Morgan fingerprint density at radius 1 is 1.62 bits per heavy atom. The molecular weight excluding hydrogens is 228 g/mol. The van der Waals surface area contributed by atoms with E-state index in [4.69, 9.17) is 16.7 Å². The second-order valence-electron chi connectivity index (χ2n) is 3.52. The summed E-state index contributed by atoms with van der Waals surface area (Å²) in [6, 6.07) is 2.88. The van der Waals surface area contributed by atoms with Crippen molar-refractivity contribution >= 4 is 28.6 Å². The Morgan fingerprint density at radius 2 is 2.38 bits per heavy atom. The van der Waals surface area contributed by atoms with E-state index >= 15 is 0 Å². The molecule has 1 unspecified atom stereocenters. The molecule has 0 radical (unpaired) electrons. The van der Waals surface area contributed by atoms with Crippen LogP contribution in [-0.2, 0) is 4.79 Å². The third kappa shape index (κ3) is 1.65. The minimum atomic E-state index is -0.859. The number of pyridine rings is 1. The number of aliphatic carboxylic acids is 1. The molecule has 4 nitrogen and oxygen atoms in total. The molecule has 0 saturated carbocycles. The van der Waals surface area contributed by atoms with E-state index in [9.17, 15) is 4.79 Å². The molecule has 2 rings (SSSR count). The van der Waals surface area contributed by atoms with Crippen molar-refractivity contribution in [3.05, 3.63) is 29.5 Å². The molecule has 2 heterocycles. The average Bonchev–Trinajstić information content (AvgIpc) is 2.64. The van der Waals surface area contributed by atoms with Gasteiger partial charge in [-0.3, -0.25) is 0 Å². The van der Waals surface area contributed by atoms with Crippen molar-refractivity contribution in [1.29, 1.82) is 0 Å². The van der Waals surface area contributed by atoms with Gasteiger partial charge in [-0.2, -0.15) is 0 Å². The quantitative estimate of drug-likeness (QED) is 0.895. The number of aromatic nitrogens is 2. The molecular formula is C11H11ClN2O2. The van der Waals surface area contributed by atoms with Gasteiger partial charge in [0.25, 0.3) is 0 Å². The minimum Gasteiger partial charge on any atom is -0.480 e. The van der Waals surface area contributed by atoms with Gasteiger partial charge in [0.05, 0.1) is 5.02 Å². The van der Waals surface area contributed by atoms with Crippen LogP contribution in [0.15, 0.2) is 24.5 Å². The second-order valence-corrected chi connectivity index (χ2v) is 3.92. The summed E-state index contributed by atoms with van der Waals surface area (Å²) in [5, 5.41) is 10.5. The van der Waals surface area contributed by atoms with Gasteiger partial charge in [0.1, 0.15) is 11.7 Å². The number of hydrogen-bond donors (Lipinski definition) is 1. The fourth-order valence-corrected chi connectivity index (χ4v) is 1.97. The highest BCUT2D eigenvalue weighted by molar-refractivity contribution is 6.35. The number of carboxylic acid groups (broad SMARTS) is 1. The van der Waals surface area contributed by atoms with Gasteiger partial charge in [-0.15, -0.1) is 0 Å². The van der Waals surface area contributed by atoms with Crippen LogP contribution in [0, 0.1) is 0 Å². The molecule has 0 spiro atoms. The van der Waals surface area contributed by atoms with Crippen LogP contribution in [0.3, 0.4) is 0 Å². The maximum absolute atomic E-state index is 11.1. The zero-order valence-corrected chi connectivity index (χ0v) is 9.48. The molecule has 1 N–H and O–H groups in total. The van der Waals surface area contributed by atoms with Gasteiger partial charge in [0, 0.05) is 17.8 Å². The van der Waals surface area contributed by atoms with Gasteiger partial charge >= 0.3 is 5.97 Å². The first-order chi connectivity index (χ1) is 7.65. The van der Waals surface area contributed by atoms with E-state index < -0.39 is 12.0 Å². The summed E-state index contributed by atoms with van der Waals surface area (Å²) < 4.78 is 1.64. The van der Waals surface area contributed by atoms with Crippen molar-refractivity contribution in [2.45, 2.75) is 19.4 Å². The summed E-state index contributed by atoms with van der Waals surface area (Å²) >= 11 is 6.00. The van der Waals surface area contributed by atoms with Crippen LogP contribution in [0.25, 0.3) is 11.0 Å². The molecule has 84 valence electrons. The molecule has 0 aliphatic rings. The summed E-state index contributed by atoms with van der Waals surface area (Å²) in [4.78, 5) is 15.2. The Labute approximate surface area is 97.5 Å². The zero-order chi connectivity index (χ0) is 11.7. The van der Waals surface area contributed by atoms with Crippen molar-refractivity contribution in [2.75, 3.05) is 0 Å². The van der Waals surface area contributed by atoms with Gasteiger partial charge in [0.2, 0.25) is 0 Å². The van der Waals surface area contributed by atoms with Crippen LogP contribution >= 0.6 is 11.6 Å². The first-order valence-electron chi connectivity index (χ1n) is 4.99. The van der Waals surface area contributed by atoms with Crippen LogP contribution < -0.4 is 0 Å². The summed E-state index contributed by atoms with van der Waals surface area (Å²) in [6.45, 7) is 1.83. The predicted molar refractivity (Wildman–Crippen MR) is 61.7 cm³/mol. The molecule has 0 saturated heterocycles. The van der Waals surface area contributed by atoms with E-state index in [1.54, 1.807) is 29.1 Å². The van der Waals surface area contributed by atoms with Crippen LogP contribution in [0.4, 0.5) is 0 Å². The molecule has 16 heavy (non-hydrogen) atoms. The third-order valence-corrected chi connectivity index (χ3v) is 2.90. The Morgan fingerprint density at radius 3 is 3.00 bits per heavy atom. The topological polar surface area (TPSA) is 55.1 Å². The molecule has 1 atom stereocenters. The Bertz CT molecular complexity index is 536. The largest absolute Gasteiger partial charge is 0.480 e. The molecule has 0 aliphatic carbocycles. The van der Waals surface area contributed by atoms with Crippen LogP contribution in [0.1, 0.15) is 19.4 Å². The Balaban J connectivity index is 2.61. The number of fused-ring (bicyclic) bond motifs is 1. The summed E-state index contributed by atoms with van der Waals surface area (Å²) in [5.41, 5.74) is 0.613. The lowest BCUT2D eigenvalue weighted by molar-refractivity contribution is -0.140. The number of carboxylic acids is 1. The van der Waals surface area contributed by atoms with E-state index in [1.807, 2.05) is 6.92 Å². The number of carbonyl (C=O) groups is 1. The standard InChI is InChI=1S/C11H11ClN2O2/c1-2-9(11(15)16)14-6-4-7-8(12)3-5-13-10(7)14/h3-6,9H,2H2,1H3,(H,15,16). The number of halogens is 1. The second kappa shape index (κ2) is 4.14. The van der Waals surface area contributed by atoms with E-state index in [0.29, 0.717) is 17.1 Å². The summed E-state index contributed by atoms with van der Waals surface area (Å²) in [7, 11) is 0. The highest BCUT2D eigenvalue weighted by atomic mass is 35.5. The number of hydrogen-bond acceptors (Lipinski definition) is 2. The molecule has 2 aromatic rings. The van der Waals surface area contributed by atoms with Crippen molar-refractivity contribution in [2.24, 2.45) is 0 Å². The molecule has 0 amide bonds. The normalized spacial score (nSPS) is 12.9. The molecule has 0 aliphatic heterocycles. The molecule has 2 aromatic heterocycles. The number of rotatable bonds is 3. The van der Waals surface area contributed by atoms with E-state index in [2.05, 4.69) is 4.98 Å². The van der Waals surface area contributed by atoms with Gasteiger partial charge < -0.3 is 9.67 Å².